The van der Waals surface area contributed by atoms with Crippen LogP contribution in [-0.2, 0) is 6.54 Å². The maximum Gasteiger partial charge on any atom is 0.276 e. The molecule has 0 fully saturated rings. The Balaban J connectivity index is 2.05. The minimum Gasteiger partial charge on any atom is -0.443 e. The Kier molecular flexibility index (Phi) is 5.98. The molecule has 1 N–H and O–H groups in total. The van der Waals surface area contributed by atoms with E-state index in [2.05, 4.69) is 10.3 Å². The Hall–Kier alpha value is -2.34. The zero-order valence-corrected chi connectivity index (χ0v) is 14.7. The average Bonchev–Trinajstić information content (AvgIpc) is 2.94. The summed E-state index contributed by atoms with van der Waals surface area (Å²) in [6.45, 7) is 6.79. The van der Waals surface area contributed by atoms with E-state index in [4.69, 9.17) is 16.0 Å². The summed E-state index contributed by atoms with van der Waals surface area (Å²) in [5, 5.41) is 3.19. The fourth-order valence-corrected chi connectivity index (χ4v) is 2.46. The summed E-state index contributed by atoms with van der Waals surface area (Å²) in [4.78, 5) is 30.3. The molecule has 1 heterocycles. The molecular formula is C17H20ClN3O3. The summed E-state index contributed by atoms with van der Waals surface area (Å²) in [5.41, 5.74) is 0.732. The standard InChI is InChI=1S/C17H20ClN3O3/c1-4-21(5-2)17(23)15-11(3)24-14(20-15)10-19-16(22)12-7-6-8-13(18)9-12/h6-9H,4-5,10H2,1-3H3,(H,19,22). The summed E-state index contributed by atoms with van der Waals surface area (Å²) >= 11 is 5.87. The smallest absolute Gasteiger partial charge is 0.276 e. The van der Waals surface area contributed by atoms with Crippen molar-refractivity contribution in [3.63, 3.8) is 0 Å². The van der Waals surface area contributed by atoms with Gasteiger partial charge in [-0.1, -0.05) is 17.7 Å². The first-order valence-corrected chi connectivity index (χ1v) is 8.13. The van der Waals surface area contributed by atoms with Gasteiger partial charge < -0.3 is 14.6 Å². The van der Waals surface area contributed by atoms with E-state index in [1.54, 1.807) is 36.1 Å². The third kappa shape index (κ3) is 4.14. The number of hydrogen-bond acceptors (Lipinski definition) is 4. The van der Waals surface area contributed by atoms with Crippen molar-refractivity contribution in [2.24, 2.45) is 0 Å². The van der Waals surface area contributed by atoms with Crippen LogP contribution in [0.5, 0.6) is 0 Å². The first-order chi connectivity index (χ1) is 11.5. The molecule has 0 unspecified atom stereocenters. The van der Waals surface area contributed by atoms with Gasteiger partial charge in [-0.05, 0) is 39.0 Å². The first kappa shape index (κ1) is 18.0. The van der Waals surface area contributed by atoms with Crippen molar-refractivity contribution in [1.29, 1.82) is 0 Å². The molecule has 0 saturated heterocycles. The maximum atomic E-state index is 12.3. The van der Waals surface area contributed by atoms with Crippen molar-refractivity contribution in [3.8, 4) is 0 Å². The zero-order valence-electron chi connectivity index (χ0n) is 13.9. The number of oxazole rings is 1. The van der Waals surface area contributed by atoms with E-state index in [1.165, 1.54) is 0 Å². The van der Waals surface area contributed by atoms with Crippen LogP contribution in [0.1, 0.15) is 46.3 Å². The summed E-state index contributed by atoms with van der Waals surface area (Å²) in [6, 6.07) is 6.64. The van der Waals surface area contributed by atoms with Gasteiger partial charge in [-0.2, -0.15) is 0 Å². The van der Waals surface area contributed by atoms with E-state index in [0.717, 1.165) is 0 Å². The third-order valence-electron chi connectivity index (χ3n) is 3.58. The van der Waals surface area contributed by atoms with Gasteiger partial charge >= 0.3 is 0 Å². The highest BCUT2D eigenvalue weighted by Crippen LogP contribution is 2.14. The molecule has 0 atom stereocenters. The van der Waals surface area contributed by atoms with Gasteiger partial charge in [-0.15, -0.1) is 0 Å². The molecule has 0 aliphatic rings. The number of aryl methyl sites for hydroxylation is 1. The number of nitrogens with zero attached hydrogens (tertiary/aromatic N) is 2. The van der Waals surface area contributed by atoms with Gasteiger partial charge in [0.25, 0.3) is 11.8 Å². The maximum absolute atomic E-state index is 12.3. The van der Waals surface area contributed by atoms with Crippen LogP contribution in [0.2, 0.25) is 5.02 Å². The van der Waals surface area contributed by atoms with Crippen LogP contribution < -0.4 is 5.32 Å². The predicted molar refractivity (Wildman–Crippen MR) is 91.1 cm³/mol. The zero-order chi connectivity index (χ0) is 17.7. The van der Waals surface area contributed by atoms with Gasteiger partial charge in [-0.25, -0.2) is 4.98 Å². The largest absolute Gasteiger partial charge is 0.443 e. The van der Waals surface area contributed by atoms with Gasteiger partial charge in [0.05, 0.1) is 6.54 Å². The number of amides is 2. The topological polar surface area (TPSA) is 75.4 Å². The Morgan fingerprint density at radius 1 is 1.29 bits per heavy atom. The van der Waals surface area contributed by atoms with Crippen molar-refractivity contribution in [3.05, 3.63) is 52.2 Å². The lowest BCUT2D eigenvalue weighted by molar-refractivity contribution is 0.0766. The average molecular weight is 350 g/mol. The quantitative estimate of drug-likeness (QED) is 0.869. The van der Waals surface area contributed by atoms with Gasteiger partial charge in [0.2, 0.25) is 5.89 Å². The lowest BCUT2D eigenvalue weighted by Crippen LogP contribution is -2.31. The Morgan fingerprint density at radius 2 is 2.00 bits per heavy atom. The van der Waals surface area contributed by atoms with E-state index in [9.17, 15) is 9.59 Å². The monoisotopic (exact) mass is 349 g/mol. The fraction of sp³-hybridized carbons (Fsp3) is 0.353. The molecule has 0 aliphatic carbocycles. The van der Waals surface area contributed by atoms with Crippen molar-refractivity contribution in [1.82, 2.24) is 15.2 Å². The van der Waals surface area contributed by atoms with Crippen LogP contribution in [0.15, 0.2) is 28.7 Å². The van der Waals surface area contributed by atoms with Gasteiger partial charge in [0.1, 0.15) is 5.76 Å². The van der Waals surface area contributed by atoms with E-state index in [1.807, 2.05) is 13.8 Å². The highest BCUT2D eigenvalue weighted by Gasteiger charge is 2.21. The van der Waals surface area contributed by atoms with Gasteiger partial charge in [0, 0.05) is 23.7 Å². The van der Waals surface area contributed by atoms with Crippen molar-refractivity contribution >= 4 is 23.4 Å². The van der Waals surface area contributed by atoms with Crippen LogP contribution in [-0.4, -0.2) is 34.8 Å². The second kappa shape index (κ2) is 7.97. The highest BCUT2D eigenvalue weighted by molar-refractivity contribution is 6.30. The molecule has 0 radical (unpaired) electrons. The summed E-state index contributed by atoms with van der Waals surface area (Å²) in [6.07, 6.45) is 0. The fourth-order valence-electron chi connectivity index (χ4n) is 2.27. The molecule has 0 spiro atoms. The number of carbonyl (C=O) groups excluding carboxylic acids is 2. The minimum absolute atomic E-state index is 0.0950. The Bertz CT molecular complexity index is 738. The molecule has 1 aromatic carbocycles. The molecule has 2 amide bonds. The van der Waals surface area contributed by atoms with E-state index < -0.39 is 0 Å². The summed E-state index contributed by atoms with van der Waals surface area (Å²) in [5.74, 6) is 0.274. The van der Waals surface area contributed by atoms with Gasteiger partial charge in [0.15, 0.2) is 5.69 Å². The molecule has 0 aliphatic heterocycles. The number of nitrogens with one attached hydrogen (secondary N) is 1. The molecule has 2 rings (SSSR count). The molecular weight excluding hydrogens is 330 g/mol. The Morgan fingerprint density at radius 3 is 2.62 bits per heavy atom. The Labute approximate surface area is 145 Å². The van der Waals surface area contributed by atoms with Crippen LogP contribution in [0.4, 0.5) is 0 Å². The molecule has 0 bridgehead atoms. The van der Waals surface area contributed by atoms with Crippen LogP contribution in [0, 0.1) is 6.92 Å². The molecule has 1 aromatic heterocycles. The van der Waals surface area contributed by atoms with Crippen LogP contribution >= 0.6 is 11.6 Å². The predicted octanol–water partition coefficient (Wildman–Crippen LogP) is 3.05. The third-order valence-corrected chi connectivity index (χ3v) is 3.82. The number of rotatable bonds is 6. The number of carbonyl (C=O) groups is 2. The summed E-state index contributed by atoms with van der Waals surface area (Å²) in [7, 11) is 0. The lowest BCUT2D eigenvalue weighted by atomic mass is 10.2. The van der Waals surface area contributed by atoms with Gasteiger partial charge in [-0.3, -0.25) is 9.59 Å². The van der Waals surface area contributed by atoms with Crippen LogP contribution in [0.25, 0.3) is 0 Å². The first-order valence-electron chi connectivity index (χ1n) is 7.75. The number of hydrogen-bond donors (Lipinski definition) is 1. The highest BCUT2D eigenvalue weighted by atomic mass is 35.5. The second-order valence-electron chi connectivity index (χ2n) is 5.18. The SMILES string of the molecule is CCN(CC)C(=O)c1nc(CNC(=O)c2cccc(Cl)c2)oc1C. The molecule has 2 aromatic rings. The lowest BCUT2D eigenvalue weighted by Gasteiger charge is -2.16. The van der Waals surface area contributed by atoms with Crippen molar-refractivity contribution < 1.29 is 14.0 Å². The van der Waals surface area contributed by atoms with E-state index in [0.29, 0.717) is 35.3 Å². The molecule has 0 saturated carbocycles. The van der Waals surface area contributed by atoms with E-state index in [-0.39, 0.29) is 24.1 Å². The molecule has 7 heteroatoms. The molecule has 24 heavy (non-hydrogen) atoms. The number of benzene rings is 1. The van der Waals surface area contributed by atoms with Crippen LogP contribution in [0.3, 0.4) is 0 Å². The normalized spacial score (nSPS) is 10.5. The van der Waals surface area contributed by atoms with Crippen molar-refractivity contribution in [2.45, 2.75) is 27.3 Å². The van der Waals surface area contributed by atoms with Crippen molar-refractivity contribution in [2.75, 3.05) is 13.1 Å². The van der Waals surface area contributed by atoms with E-state index >= 15 is 0 Å². The second-order valence-corrected chi connectivity index (χ2v) is 5.62. The molecule has 6 nitrogen and oxygen atoms in total. The number of halogens is 1. The summed E-state index contributed by atoms with van der Waals surface area (Å²) < 4.78 is 5.49. The number of aromatic nitrogens is 1. The molecule has 128 valence electrons. The minimum atomic E-state index is -0.287.